The number of aromatic carboxylic acids is 1. The molecule has 0 aliphatic heterocycles. The summed E-state index contributed by atoms with van der Waals surface area (Å²) in [6, 6.07) is 8.77. The third kappa shape index (κ3) is 2.79. The number of benzene rings is 1. The second-order valence-corrected chi connectivity index (χ2v) is 3.91. The van der Waals surface area contributed by atoms with Crippen molar-refractivity contribution in [2.75, 3.05) is 18.9 Å². The van der Waals surface area contributed by atoms with Crippen LogP contribution in [0.1, 0.15) is 10.5 Å². The number of aromatic nitrogens is 1. The van der Waals surface area contributed by atoms with Gasteiger partial charge >= 0.3 is 5.97 Å². The van der Waals surface area contributed by atoms with Crippen LogP contribution < -0.4 is 10.6 Å². The quantitative estimate of drug-likeness (QED) is 0.764. The Morgan fingerprint density at radius 3 is 2.74 bits per heavy atom. The molecule has 0 unspecified atom stereocenters. The van der Waals surface area contributed by atoms with Gasteiger partial charge in [-0.2, -0.15) is 0 Å². The number of hydrogen-bond acceptors (Lipinski definition) is 4. The van der Waals surface area contributed by atoms with Crippen LogP contribution in [0.4, 0.5) is 5.82 Å². The monoisotopic (exact) mass is 259 g/mol. The number of hydrogen-bond donors (Lipinski definition) is 3. The van der Waals surface area contributed by atoms with Crippen LogP contribution in [0.15, 0.2) is 30.3 Å². The summed E-state index contributed by atoms with van der Waals surface area (Å²) in [5.74, 6) is -0.917. The van der Waals surface area contributed by atoms with Gasteiger partial charge in [0.15, 0.2) is 5.69 Å². The van der Waals surface area contributed by atoms with E-state index >= 15 is 0 Å². The number of carbonyl (C=O) groups is 2. The average molecular weight is 259 g/mol. The third-order valence-electron chi connectivity index (χ3n) is 2.65. The predicted molar refractivity (Wildman–Crippen MR) is 71.3 cm³/mol. The molecular formula is C13H13N3O3. The molecule has 0 aliphatic rings. The van der Waals surface area contributed by atoms with Crippen LogP contribution in [0.3, 0.4) is 0 Å². The standard InChI is InChI=1S/C13H13N3O3/c1-14-11(17)7-15-12-9-5-3-2-4-8(9)6-10(16-12)13(18)19/h2-6H,7H2,1H3,(H,14,17)(H,15,16)(H,18,19). The van der Waals surface area contributed by atoms with Gasteiger partial charge in [0.25, 0.3) is 0 Å². The Morgan fingerprint density at radius 1 is 1.32 bits per heavy atom. The minimum Gasteiger partial charge on any atom is -0.477 e. The van der Waals surface area contributed by atoms with Crippen LogP contribution in [-0.4, -0.2) is 35.6 Å². The fourth-order valence-electron chi connectivity index (χ4n) is 1.70. The lowest BCUT2D eigenvalue weighted by Gasteiger charge is -2.09. The molecule has 0 aliphatic carbocycles. The lowest BCUT2D eigenvalue weighted by Crippen LogP contribution is -2.26. The highest BCUT2D eigenvalue weighted by Crippen LogP contribution is 2.22. The SMILES string of the molecule is CNC(=O)CNc1nc(C(=O)O)cc2ccccc12. The van der Waals surface area contributed by atoms with Gasteiger partial charge in [-0.15, -0.1) is 0 Å². The van der Waals surface area contributed by atoms with Gasteiger partial charge in [-0.3, -0.25) is 4.79 Å². The Bertz CT molecular complexity index is 640. The number of likely N-dealkylation sites (N-methyl/N-ethyl adjacent to an activating group) is 1. The molecule has 98 valence electrons. The molecule has 2 aromatic rings. The molecule has 0 atom stereocenters. The Kier molecular flexibility index (Phi) is 3.61. The van der Waals surface area contributed by atoms with Crippen molar-refractivity contribution in [3.63, 3.8) is 0 Å². The summed E-state index contributed by atoms with van der Waals surface area (Å²) in [5, 5.41) is 15.9. The summed E-state index contributed by atoms with van der Waals surface area (Å²) in [4.78, 5) is 26.3. The number of anilines is 1. The van der Waals surface area contributed by atoms with E-state index in [-0.39, 0.29) is 18.1 Å². The zero-order valence-corrected chi connectivity index (χ0v) is 10.3. The first-order valence-electron chi connectivity index (χ1n) is 5.69. The van der Waals surface area contributed by atoms with E-state index in [9.17, 15) is 9.59 Å². The molecule has 6 nitrogen and oxygen atoms in total. The van der Waals surface area contributed by atoms with Gasteiger partial charge in [-0.1, -0.05) is 24.3 Å². The molecule has 1 aromatic carbocycles. The summed E-state index contributed by atoms with van der Waals surface area (Å²) in [6.07, 6.45) is 0. The maximum atomic E-state index is 11.2. The third-order valence-corrected chi connectivity index (χ3v) is 2.65. The predicted octanol–water partition coefficient (Wildman–Crippen LogP) is 1.09. The zero-order valence-electron chi connectivity index (χ0n) is 10.3. The summed E-state index contributed by atoms with van der Waals surface area (Å²) in [5.41, 5.74) is -0.0573. The second kappa shape index (κ2) is 5.34. The van der Waals surface area contributed by atoms with Crippen LogP contribution in [-0.2, 0) is 4.79 Å². The number of nitrogens with zero attached hydrogens (tertiary/aromatic N) is 1. The van der Waals surface area contributed by atoms with Crippen LogP contribution in [0, 0.1) is 0 Å². The molecular weight excluding hydrogens is 246 g/mol. The smallest absolute Gasteiger partial charge is 0.354 e. The van der Waals surface area contributed by atoms with Crippen molar-refractivity contribution in [2.24, 2.45) is 0 Å². The van der Waals surface area contributed by atoms with Crippen molar-refractivity contribution < 1.29 is 14.7 Å². The molecule has 19 heavy (non-hydrogen) atoms. The van der Waals surface area contributed by atoms with E-state index in [0.717, 1.165) is 10.8 Å². The molecule has 0 spiro atoms. The van der Waals surface area contributed by atoms with E-state index in [2.05, 4.69) is 15.6 Å². The Morgan fingerprint density at radius 2 is 2.05 bits per heavy atom. The highest BCUT2D eigenvalue weighted by Gasteiger charge is 2.11. The average Bonchev–Trinajstić information content (AvgIpc) is 2.43. The van der Waals surface area contributed by atoms with Gasteiger partial charge in [0, 0.05) is 12.4 Å². The first-order valence-corrected chi connectivity index (χ1v) is 5.69. The van der Waals surface area contributed by atoms with E-state index in [0.29, 0.717) is 5.82 Å². The van der Waals surface area contributed by atoms with E-state index < -0.39 is 5.97 Å². The fraction of sp³-hybridized carbons (Fsp3) is 0.154. The molecule has 3 N–H and O–H groups in total. The van der Waals surface area contributed by atoms with E-state index in [1.54, 1.807) is 6.07 Å². The molecule has 1 amide bonds. The van der Waals surface area contributed by atoms with Crippen molar-refractivity contribution in [1.29, 1.82) is 0 Å². The first-order chi connectivity index (χ1) is 9.11. The van der Waals surface area contributed by atoms with Crippen LogP contribution in [0.25, 0.3) is 10.8 Å². The van der Waals surface area contributed by atoms with Crippen molar-refractivity contribution in [2.45, 2.75) is 0 Å². The summed E-state index contributed by atoms with van der Waals surface area (Å²) >= 11 is 0. The number of amides is 1. The van der Waals surface area contributed by atoms with E-state index in [1.165, 1.54) is 13.1 Å². The molecule has 0 radical (unpaired) electrons. The van der Waals surface area contributed by atoms with Crippen molar-refractivity contribution >= 4 is 28.5 Å². The normalized spacial score (nSPS) is 10.2. The zero-order chi connectivity index (χ0) is 13.8. The number of fused-ring (bicyclic) bond motifs is 1. The molecule has 0 saturated carbocycles. The topological polar surface area (TPSA) is 91.3 Å². The Hall–Kier alpha value is -2.63. The molecule has 0 bridgehead atoms. The lowest BCUT2D eigenvalue weighted by molar-refractivity contribution is -0.118. The summed E-state index contributed by atoms with van der Waals surface area (Å²) < 4.78 is 0. The van der Waals surface area contributed by atoms with Crippen molar-refractivity contribution in [3.05, 3.63) is 36.0 Å². The molecule has 1 aromatic heterocycles. The van der Waals surface area contributed by atoms with Gasteiger partial charge in [-0.25, -0.2) is 9.78 Å². The van der Waals surface area contributed by atoms with Crippen LogP contribution in [0.5, 0.6) is 0 Å². The molecule has 0 fully saturated rings. The molecule has 6 heteroatoms. The number of pyridine rings is 1. The Labute approximate surface area is 109 Å². The van der Waals surface area contributed by atoms with Crippen molar-refractivity contribution in [1.82, 2.24) is 10.3 Å². The second-order valence-electron chi connectivity index (χ2n) is 3.91. The van der Waals surface area contributed by atoms with Gasteiger partial charge in [0.2, 0.25) is 5.91 Å². The van der Waals surface area contributed by atoms with Gasteiger partial charge < -0.3 is 15.7 Å². The van der Waals surface area contributed by atoms with Crippen LogP contribution >= 0.6 is 0 Å². The van der Waals surface area contributed by atoms with Gasteiger partial charge in [0.1, 0.15) is 5.82 Å². The van der Waals surface area contributed by atoms with Gasteiger partial charge in [0.05, 0.1) is 6.54 Å². The maximum absolute atomic E-state index is 11.2. The molecule has 2 rings (SSSR count). The van der Waals surface area contributed by atoms with E-state index in [4.69, 9.17) is 5.11 Å². The Balaban J connectivity index is 2.44. The molecule has 0 saturated heterocycles. The summed E-state index contributed by atoms with van der Waals surface area (Å²) in [6.45, 7) is 0.0383. The van der Waals surface area contributed by atoms with Crippen molar-refractivity contribution in [3.8, 4) is 0 Å². The van der Waals surface area contributed by atoms with Crippen LogP contribution in [0.2, 0.25) is 0 Å². The fourth-order valence-corrected chi connectivity index (χ4v) is 1.70. The number of carboxylic acids is 1. The number of carbonyl (C=O) groups excluding carboxylic acids is 1. The number of carboxylic acid groups (broad SMARTS) is 1. The largest absolute Gasteiger partial charge is 0.477 e. The first kappa shape index (κ1) is 12.8. The number of nitrogens with one attached hydrogen (secondary N) is 2. The lowest BCUT2D eigenvalue weighted by atomic mass is 10.1. The molecule has 1 heterocycles. The minimum atomic E-state index is -1.10. The number of rotatable bonds is 4. The highest BCUT2D eigenvalue weighted by atomic mass is 16.4. The minimum absolute atomic E-state index is 0.0383. The van der Waals surface area contributed by atoms with Gasteiger partial charge in [-0.05, 0) is 11.5 Å². The highest BCUT2D eigenvalue weighted by molar-refractivity contribution is 5.98. The summed E-state index contributed by atoms with van der Waals surface area (Å²) in [7, 11) is 1.53. The maximum Gasteiger partial charge on any atom is 0.354 e. The van der Waals surface area contributed by atoms with E-state index in [1.807, 2.05) is 18.2 Å².